The highest BCUT2D eigenvalue weighted by Crippen LogP contribution is 2.20. The number of hydrogen-bond donors (Lipinski definition) is 1. The molecule has 3 nitrogen and oxygen atoms in total. The molecule has 1 saturated heterocycles. The Balaban J connectivity index is 2.18. The van der Waals surface area contributed by atoms with Crippen LogP contribution in [-0.4, -0.2) is 19.1 Å². The van der Waals surface area contributed by atoms with Gasteiger partial charge in [0.1, 0.15) is 0 Å². The molecule has 2 rings (SSSR count). The fourth-order valence-corrected chi connectivity index (χ4v) is 2.02. The predicted molar refractivity (Wildman–Crippen MR) is 60.6 cm³/mol. The summed E-state index contributed by atoms with van der Waals surface area (Å²) >= 11 is 0. The van der Waals surface area contributed by atoms with Gasteiger partial charge >= 0.3 is 0 Å². The van der Waals surface area contributed by atoms with E-state index in [9.17, 15) is 0 Å². The van der Waals surface area contributed by atoms with E-state index in [0.717, 1.165) is 31.6 Å². The molecule has 15 heavy (non-hydrogen) atoms. The summed E-state index contributed by atoms with van der Waals surface area (Å²) in [5, 5.41) is 8.82. The van der Waals surface area contributed by atoms with Crippen molar-refractivity contribution in [2.45, 2.75) is 18.9 Å². The molecule has 0 spiro atoms. The lowest BCUT2D eigenvalue weighted by atomic mass is 10.1. The molecule has 0 bridgehead atoms. The Kier molecular flexibility index (Phi) is 2.89. The molecule has 3 heteroatoms. The van der Waals surface area contributed by atoms with E-state index >= 15 is 0 Å². The average molecular weight is 201 g/mol. The Morgan fingerprint density at radius 3 is 3.07 bits per heavy atom. The lowest BCUT2D eigenvalue weighted by Crippen LogP contribution is -2.42. The number of hydrogen-bond acceptors (Lipinski definition) is 3. The smallest absolute Gasteiger partial charge is 0.0992 e. The molecule has 1 atom stereocenters. The van der Waals surface area contributed by atoms with Crippen molar-refractivity contribution >= 4 is 5.69 Å². The summed E-state index contributed by atoms with van der Waals surface area (Å²) in [5.74, 6) is 0. The quantitative estimate of drug-likeness (QED) is 0.749. The maximum atomic E-state index is 8.82. The molecule has 0 radical (unpaired) electrons. The van der Waals surface area contributed by atoms with Crippen molar-refractivity contribution in [3.63, 3.8) is 0 Å². The van der Waals surface area contributed by atoms with Gasteiger partial charge in [0.25, 0.3) is 0 Å². The van der Waals surface area contributed by atoms with Crippen LogP contribution < -0.4 is 10.6 Å². The zero-order valence-electron chi connectivity index (χ0n) is 8.69. The minimum atomic E-state index is 0.268. The van der Waals surface area contributed by atoms with Gasteiger partial charge < -0.3 is 10.6 Å². The van der Waals surface area contributed by atoms with E-state index in [2.05, 4.69) is 11.0 Å². The number of benzene rings is 1. The average Bonchev–Trinajstić information content (AvgIpc) is 2.29. The molecule has 1 aromatic rings. The predicted octanol–water partition coefficient (Wildman–Crippen LogP) is 1.49. The molecule has 1 aromatic carbocycles. The van der Waals surface area contributed by atoms with Crippen LogP contribution >= 0.6 is 0 Å². The Morgan fingerprint density at radius 2 is 2.33 bits per heavy atom. The number of nitrogens with zero attached hydrogens (tertiary/aromatic N) is 2. The molecule has 0 unspecified atom stereocenters. The maximum Gasteiger partial charge on any atom is 0.0992 e. The highest BCUT2D eigenvalue weighted by Gasteiger charge is 2.16. The molecular formula is C12H15N3. The van der Waals surface area contributed by atoms with Crippen molar-refractivity contribution < 1.29 is 0 Å². The number of anilines is 1. The third-order valence-electron chi connectivity index (χ3n) is 2.80. The summed E-state index contributed by atoms with van der Waals surface area (Å²) < 4.78 is 0. The summed E-state index contributed by atoms with van der Waals surface area (Å²) in [5.41, 5.74) is 7.76. The van der Waals surface area contributed by atoms with Crippen molar-refractivity contribution in [2.75, 3.05) is 18.0 Å². The summed E-state index contributed by atoms with van der Waals surface area (Å²) in [6.45, 7) is 1.94. The summed E-state index contributed by atoms with van der Waals surface area (Å²) in [7, 11) is 0. The number of rotatable bonds is 1. The van der Waals surface area contributed by atoms with Crippen molar-refractivity contribution in [1.82, 2.24) is 0 Å². The van der Waals surface area contributed by atoms with Crippen LogP contribution in [0.15, 0.2) is 24.3 Å². The number of nitrogens with two attached hydrogens (primary N) is 1. The zero-order chi connectivity index (χ0) is 10.7. The van der Waals surface area contributed by atoms with E-state index in [1.54, 1.807) is 0 Å². The van der Waals surface area contributed by atoms with Crippen LogP contribution in [0.3, 0.4) is 0 Å². The standard InChI is InChI=1S/C12H15N3/c13-8-10-3-1-5-12(7-10)15-6-2-4-11(14)9-15/h1,3,5,7,11H,2,4,6,9,14H2/t11-/m1/s1. The van der Waals surface area contributed by atoms with Crippen LogP contribution in [0.4, 0.5) is 5.69 Å². The first kappa shape index (κ1) is 10.0. The van der Waals surface area contributed by atoms with Crippen LogP contribution in [0.2, 0.25) is 0 Å². The number of nitriles is 1. The van der Waals surface area contributed by atoms with Crippen molar-refractivity contribution in [3.8, 4) is 6.07 Å². The molecule has 1 aliphatic heterocycles. The summed E-state index contributed by atoms with van der Waals surface area (Å²) in [6.07, 6.45) is 2.24. The van der Waals surface area contributed by atoms with Gasteiger partial charge in [-0.3, -0.25) is 0 Å². The maximum absolute atomic E-state index is 8.82. The molecule has 0 saturated carbocycles. The topological polar surface area (TPSA) is 53.0 Å². The minimum absolute atomic E-state index is 0.268. The van der Waals surface area contributed by atoms with E-state index in [1.807, 2.05) is 24.3 Å². The first-order valence-corrected chi connectivity index (χ1v) is 5.30. The van der Waals surface area contributed by atoms with Gasteiger partial charge in [-0.15, -0.1) is 0 Å². The highest BCUT2D eigenvalue weighted by molar-refractivity contribution is 5.51. The van der Waals surface area contributed by atoms with E-state index in [4.69, 9.17) is 11.0 Å². The lowest BCUT2D eigenvalue weighted by molar-refractivity contribution is 0.506. The van der Waals surface area contributed by atoms with E-state index in [0.29, 0.717) is 5.56 Å². The second-order valence-corrected chi connectivity index (χ2v) is 4.01. The van der Waals surface area contributed by atoms with E-state index in [-0.39, 0.29) is 6.04 Å². The van der Waals surface area contributed by atoms with Gasteiger partial charge in [-0.05, 0) is 31.0 Å². The van der Waals surface area contributed by atoms with Gasteiger partial charge in [0.2, 0.25) is 0 Å². The van der Waals surface area contributed by atoms with Crippen molar-refractivity contribution in [2.24, 2.45) is 5.73 Å². The fraction of sp³-hybridized carbons (Fsp3) is 0.417. The fourth-order valence-electron chi connectivity index (χ4n) is 2.02. The van der Waals surface area contributed by atoms with Gasteiger partial charge in [-0.25, -0.2) is 0 Å². The van der Waals surface area contributed by atoms with Crippen molar-refractivity contribution in [1.29, 1.82) is 5.26 Å². The summed E-state index contributed by atoms with van der Waals surface area (Å²) in [4.78, 5) is 2.26. The molecule has 78 valence electrons. The Morgan fingerprint density at radius 1 is 1.47 bits per heavy atom. The monoisotopic (exact) mass is 201 g/mol. The van der Waals surface area contributed by atoms with Crippen LogP contribution in [0.5, 0.6) is 0 Å². The molecular weight excluding hydrogens is 186 g/mol. The Labute approximate surface area is 90.1 Å². The van der Waals surface area contributed by atoms with Crippen LogP contribution in [0.25, 0.3) is 0 Å². The normalized spacial score (nSPS) is 21.1. The summed E-state index contributed by atoms with van der Waals surface area (Å²) in [6, 6.07) is 10.1. The highest BCUT2D eigenvalue weighted by atomic mass is 15.1. The SMILES string of the molecule is N#Cc1cccc(N2CCC[C@@H](N)C2)c1. The van der Waals surface area contributed by atoms with Crippen molar-refractivity contribution in [3.05, 3.63) is 29.8 Å². The lowest BCUT2D eigenvalue weighted by Gasteiger charge is -2.32. The molecule has 1 aliphatic rings. The van der Waals surface area contributed by atoms with Crippen LogP contribution in [0.1, 0.15) is 18.4 Å². The zero-order valence-corrected chi connectivity index (χ0v) is 8.69. The van der Waals surface area contributed by atoms with E-state index < -0.39 is 0 Å². The minimum Gasteiger partial charge on any atom is -0.370 e. The second kappa shape index (κ2) is 4.33. The second-order valence-electron chi connectivity index (χ2n) is 4.01. The van der Waals surface area contributed by atoms with E-state index in [1.165, 1.54) is 0 Å². The molecule has 2 N–H and O–H groups in total. The third-order valence-corrected chi connectivity index (χ3v) is 2.80. The largest absolute Gasteiger partial charge is 0.370 e. The molecule has 0 aromatic heterocycles. The van der Waals surface area contributed by atoms with Gasteiger partial charge in [0, 0.05) is 24.8 Å². The van der Waals surface area contributed by atoms with Crippen LogP contribution in [0, 0.1) is 11.3 Å². The molecule has 1 heterocycles. The first-order valence-electron chi connectivity index (χ1n) is 5.30. The first-order chi connectivity index (χ1) is 7.29. The molecule has 1 fully saturated rings. The molecule has 0 aliphatic carbocycles. The number of piperidine rings is 1. The molecule has 0 amide bonds. The van der Waals surface area contributed by atoms with Gasteiger partial charge in [0.05, 0.1) is 11.6 Å². The van der Waals surface area contributed by atoms with Gasteiger partial charge in [0.15, 0.2) is 0 Å². The Bertz CT molecular complexity index is 381. The van der Waals surface area contributed by atoms with Gasteiger partial charge in [-0.1, -0.05) is 6.07 Å². The Hall–Kier alpha value is -1.53. The van der Waals surface area contributed by atoms with Crippen LogP contribution in [-0.2, 0) is 0 Å². The van der Waals surface area contributed by atoms with Gasteiger partial charge in [-0.2, -0.15) is 5.26 Å². The third kappa shape index (κ3) is 2.28.